The van der Waals surface area contributed by atoms with Crippen LogP contribution in [0.4, 0.5) is 0 Å². The molecule has 21 heavy (non-hydrogen) atoms. The van der Waals surface area contributed by atoms with E-state index in [1.54, 1.807) is 6.92 Å². The molecular weight excluding hydrogens is 272 g/mol. The Kier molecular flexibility index (Phi) is 5.07. The van der Waals surface area contributed by atoms with Crippen molar-refractivity contribution in [2.75, 3.05) is 0 Å². The van der Waals surface area contributed by atoms with Crippen molar-refractivity contribution in [1.29, 1.82) is 0 Å². The minimum atomic E-state index is -1.06. The van der Waals surface area contributed by atoms with Crippen molar-refractivity contribution < 1.29 is 19.5 Å². The molecule has 0 bridgehead atoms. The maximum atomic E-state index is 12.0. The number of nitrogens with one attached hydrogen (secondary N) is 2. The lowest BCUT2D eigenvalue weighted by atomic mass is 10.1. The van der Waals surface area contributed by atoms with Crippen molar-refractivity contribution in [3.8, 4) is 0 Å². The Morgan fingerprint density at radius 2 is 1.52 bits per heavy atom. The topological polar surface area (TPSA) is 95.5 Å². The standard InChI is InChI=1S/C15H20N2O4/c1-9(12(18)17-15(2,3)4)16-13(19)10-5-7-11(8-6-10)14(20)21/h5-9H,1-4H3,(H,16,19)(H,17,18)(H,20,21). The van der Waals surface area contributed by atoms with Gasteiger partial charge in [-0.25, -0.2) is 4.79 Å². The van der Waals surface area contributed by atoms with Gasteiger partial charge in [0.15, 0.2) is 0 Å². The number of hydrogen-bond donors (Lipinski definition) is 3. The quantitative estimate of drug-likeness (QED) is 0.782. The zero-order chi connectivity index (χ0) is 16.2. The highest BCUT2D eigenvalue weighted by atomic mass is 16.4. The zero-order valence-electron chi connectivity index (χ0n) is 12.6. The summed E-state index contributed by atoms with van der Waals surface area (Å²) in [5.41, 5.74) is 0.0274. The number of rotatable bonds is 4. The molecule has 114 valence electrons. The first-order chi connectivity index (χ1) is 9.60. The molecule has 6 heteroatoms. The van der Waals surface area contributed by atoms with Crippen LogP contribution in [0.25, 0.3) is 0 Å². The number of benzene rings is 1. The third kappa shape index (κ3) is 5.25. The van der Waals surface area contributed by atoms with E-state index in [1.807, 2.05) is 20.8 Å². The first-order valence-corrected chi connectivity index (χ1v) is 6.56. The van der Waals surface area contributed by atoms with Crippen LogP contribution in [-0.2, 0) is 4.79 Å². The van der Waals surface area contributed by atoms with E-state index < -0.39 is 17.9 Å². The molecular formula is C15H20N2O4. The molecule has 0 heterocycles. The highest BCUT2D eigenvalue weighted by Crippen LogP contribution is 2.05. The highest BCUT2D eigenvalue weighted by Gasteiger charge is 2.21. The lowest BCUT2D eigenvalue weighted by Crippen LogP contribution is -2.50. The number of aromatic carboxylic acids is 1. The summed E-state index contributed by atoms with van der Waals surface area (Å²) in [5.74, 6) is -1.76. The molecule has 0 radical (unpaired) electrons. The van der Waals surface area contributed by atoms with E-state index in [2.05, 4.69) is 10.6 Å². The van der Waals surface area contributed by atoms with Gasteiger partial charge in [-0.3, -0.25) is 9.59 Å². The van der Waals surface area contributed by atoms with Gasteiger partial charge in [0, 0.05) is 11.1 Å². The highest BCUT2D eigenvalue weighted by molar-refractivity contribution is 5.98. The maximum absolute atomic E-state index is 12.0. The van der Waals surface area contributed by atoms with Crippen molar-refractivity contribution in [3.05, 3.63) is 35.4 Å². The monoisotopic (exact) mass is 292 g/mol. The molecule has 2 amide bonds. The van der Waals surface area contributed by atoms with E-state index in [-0.39, 0.29) is 17.0 Å². The Labute approximate surface area is 123 Å². The fourth-order valence-electron chi connectivity index (χ4n) is 1.59. The first-order valence-electron chi connectivity index (χ1n) is 6.56. The summed E-state index contributed by atoms with van der Waals surface area (Å²) in [5, 5.41) is 14.1. The van der Waals surface area contributed by atoms with Crippen molar-refractivity contribution in [2.24, 2.45) is 0 Å². The van der Waals surface area contributed by atoms with E-state index in [1.165, 1.54) is 24.3 Å². The number of carbonyl (C=O) groups is 3. The van der Waals surface area contributed by atoms with Gasteiger partial charge in [-0.2, -0.15) is 0 Å². The minimum absolute atomic E-state index is 0.102. The zero-order valence-corrected chi connectivity index (χ0v) is 12.6. The predicted molar refractivity (Wildman–Crippen MR) is 78.2 cm³/mol. The molecule has 1 atom stereocenters. The van der Waals surface area contributed by atoms with Gasteiger partial charge in [0.1, 0.15) is 6.04 Å². The summed E-state index contributed by atoms with van der Waals surface area (Å²) >= 11 is 0. The fourth-order valence-corrected chi connectivity index (χ4v) is 1.59. The summed E-state index contributed by atoms with van der Waals surface area (Å²) in [6.45, 7) is 7.14. The van der Waals surface area contributed by atoms with Crippen LogP contribution in [0.1, 0.15) is 48.4 Å². The van der Waals surface area contributed by atoms with Crippen molar-refractivity contribution in [3.63, 3.8) is 0 Å². The average Bonchev–Trinajstić information content (AvgIpc) is 2.36. The molecule has 1 aromatic carbocycles. The van der Waals surface area contributed by atoms with Crippen molar-refractivity contribution >= 4 is 17.8 Å². The van der Waals surface area contributed by atoms with Crippen LogP contribution in [-0.4, -0.2) is 34.5 Å². The van der Waals surface area contributed by atoms with Gasteiger partial charge in [-0.05, 0) is 52.0 Å². The second kappa shape index (κ2) is 6.39. The van der Waals surface area contributed by atoms with Crippen LogP contribution in [0.2, 0.25) is 0 Å². The minimum Gasteiger partial charge on any atom is -0.478 e. The molecule has 0 spiro atoms. The summed E-state index contributed by atoms with van der Waals surface area (Å²) in [6, 6.07) is 4.82. The van der Waals surface area contributed by atoms with Gasteiger partial charge in [0.2, 0.25) is 5.91 Å². The molecule has 0 aromatic heterocycles. The van der Waals surface area contributed by atoms with E-state index in [0.29, 0.717) is 5.56 Å². The molecule has 0 saturated heterocycles. The lowest BCUT2D eigenvalue weighted by Gasteiger charge is -2.23. The Morgan fingerprint density at radius 1 is 1.05 bits per heavy atom. The molecule has 1 aromatic rings. The number of amides is 2. The lowest BCUT2D eigenvalue weighted by molar-refractivity contribution is -0.124. The van der Waals surface area contributed by atoms with Crippen LogP contribution in [0.3, 0.4) is 0 Å². The number of carboxylic acids is 1. The molecule has 0 aliphatic carbocycles. The number of hydrogen-bond acceptors (Lipinski definition) is 3. The average molecular weight is 292 g/mol. The summed E-state index contributed by atoms with van der Waals surface area (Å²) in [6.07, 6.45) is 0. The van der Waals surface area contributed by atoms with E-state index >= 15 is 0 Å². The van der Waals surface area contributed by atoms with Crippen molar-refractivity contribution in [2.45, 2.75) is 39.3 Å². The van der Waals surface area contributed by atoms with Crippen LogP contribution < -0.4 is 10.6 Å². The summed E-state index contributed by atoms with van der Waals surface area (Å²) < 4.78 is 0. The third-order valence-corrected chi connectivity index (χ3v) is 2.63. The molecule has 0 aliphatic rings. The second-order valence-corrected chi connectivity index (χ2v) is 5.82. The maximum Gasteiger partial charge on any atom is 0.335 e. The molecule has 3 N–H and O–H groups in total. The Balaban J connectivity index is 2.68. The van der Waals surface area contributed by atoms with Gasteiger partial charge < -0.3 is 15.7 Å². The summed E-state index contributed by atoms with van der Waals surface area (Å²) in [7, 11) is 0. The van der Waals surface area contributed by atoms with Crippen LogP contribution in [0.15, 0.2) is 24.3 Å². The number of carbonyl (C=O) groups excluding carboxylic acids is 2. The van der Waals surface area contributed by atoms with E-state index in [0.717, 1.165) is 0 Å². The van der Waals surface area contributed by atoms with Gasteiger partial charge in [0.05, 0.1) is 5.56 Å². The SMILES string of the molecule is CC(NC(=O)c1ccc(C(=O)O)cc1)C(=O)NC(C)(C)C. The van der Waals surface area contributed by atoms with E-state index in [9.17, 15) is 14.4 Å². The van der Waals surface area contributed by atoms with Gasteiger partial charge >= 0.3 is 5.97 Å². The largest absolute Gasteiger partial charge is 0.478 e. The Hall–Kier alpha value is -2.37. The molecule has 6 nitrogen and oxygen atoms in total. The molecule has 1 unspecified atom stereocenters. The number of carboxylic acid groups (broad SMARTS) is 1. The predicted octanol–water partition coefficient (Wildman–Crippen LogP) is 1.42. The first kappa shape index (κ1) is 16.7. The Bertz CT molecular complexity index is 544. The smallest absolute Gasteiger partial charge is 0.335 e. The Morgan fingerprint density at radius 3 is 1.95 bits per heavy atom. The molecule has 0 fully saturated rings. The van der Waals surface area contributed by atoms with Gasteiger partial charge in [0.25, 0.3) is 5.91 Å². The normalized spacial score (nSPS) is 12.4. The second-order valence-electron chi connectivity index (χ2n) is 5.82. The van der Waals surface area contributed by atoms with Gasteiger partial charge in [-0.15, -0.1) is 0 Å². The van der Waals surface area contributed by atoms with Gasteiger partial charge in [-0.1, -0.05) is 0 Å². The molecule has 1 rings (SSSR count). The van der Waals surface area contributed by atoms with E-state index in [4.69, 9.17) is 5.11 Å². The van der Waals surface area contributed by atoms with Crippen LogP contribution in [0.5, 0.6) is 0 Å². The fraction of sp³-hybridized carbons (Fsp3) is 0.400. The third-order valence-electron chi connectivity index (χ3n) is 2.63. The molecule has 0 saturated carbocycles. The molecule has 0 aliphatic heterocycles. The van der Waals surface area contributed by atoms with Crippen molar-refractivity contribution in [1.82, 2.24) is 10.6 Å². The van der Waals surface area contributed by atoms with Crippen LogP contribution >= 0.6 is 0 Å². The van der Waals surface area contributed by atoms with Crippen LogP contribution in [0, 0.1) is 0 Å². The summed E-state index contributed by atoms with van der Waals surface area (Å²) in [4.78, 5) is 34.6.